The number of hydrogen-bond donors (Lipinski definition) is 1. The van der Waals surface area contributed by atoms with Crippen molar-refractivity contribution in [3.05, 3.63) is 66.2 Å². The third kappa shape index (κ3) is 5.13. The molecule has 0 aromatic heterocycles. The smallest absolute Gasteiger partial charge is 0.317 e. The van der Waals surface area contributed by atoms with Crippen LogP contribution in [0.2, 0.25) is 0 Å². The molecule has 1 amide bonds. The van der Waals surface area contributed by atoms with Crippen molar-refractivity contribution in [3.63, 3.8) is 0 Å². The van der Waals surface area contributed by atoms with Gasteiger partial charge in [0.05, 0.1) is 5.41 Å². The average molecular weight is 384 g/mol. The zero-order valence-corrected chi connectivity index (χ0v) is 16.2. The Bertz CT molecular complexity index is 743. The van der Waals surface area contributed by atoms with Gasteiger partial charge in [0.25, 0.3) is 5.91 Å². The van der Waals surface area contributed by atoms with Crippen molar-refractivity contribution in [2.24, 2.45) is 0 Å². The first-order valence-corrected chi connectivity index (χ1v) is 10.4. The molecule has 0 atom stereocenters. The van der Waals surface area contributed by atoms with Crippen LogP contribution in [0.1, 0.15) is 31.2 Å². The van der Waals surface area contributed by atoms with Gasteiger partial charge < -0.3 is 10.1 Å². The Balaban J connectivity index is 1.44. The van der Waals surface area contributed by atoms with E-state index in [1.54, 1.807) is 11.8 Å². The maximum atomic E-state index is 12.8. The molecule has 27 heavy (non-hydrogen) atoms. The van der Waals surface area contributed by atoms with Crippen LogP contribution in [0.4, 0.5) is 0 Å². The van der Waals surface area contributed by atoms with E-state index in [0.29, 0.717) is 6.54 Å². The zero-order valence-electron chi connectivity index (χ0n) is 15.4. The van der Waals surface area contributed by atoms with Gasteiger partial charge in [0.1, 0.15) is 0 Å². The monoisotopic (exact) mass is 383 g/mol. The topological polar surface area (TPSA) is 55.4 Å². The summed E-state index contributed by atoms with van der Waals surface area (Å²) in [5.74, 6) is 0.246. The third-order valence-electron chi connectivity index (χ3n) is 4.94. The number of thioether (sulfide) groups is 1. The summed E-state index contributed by atoms with van der Waals surface area (Å²) in [4.78, 5) is 26.0. The van der Waals surface area contributed by atoms with Gasteiger partial charge in [-0.05, 0) is 30.5 Å². The second kappa shape index (κ2) is 9.60. The molecule has 0 radical (unpaired) electrons. The molecule has 5 heteroatoms. The number of esters is 1. The number of carbonyl (C=O) groups is 2. The first kappa shape index (κ1) is 19.5. The number of ether oxygens (including phenoxy) is 1. The second-order valence-electron chi connectivity index (χ2n) is 6.74. The second-order valence-corrected chi connectivity index (χ2v) is 7.91. The van der Waals surface area contributed by atoms with Gasteiger partial charge in [0, 0.05) is 17.2 Å². The third-order valence-corrected chi connectivity index (χ3v) is 5.96. The largest absolute Gasteiger partial charge is 0.455 e. The van der Waals surface area contributed by atoms with Crippen molar-refractivity contribution in [1.29, 1.82) is 0 Å². The Labute approximate surface area is 164 Å². The van der Waals surface area contributed by atoms with Gasteiger partial charge in [0.15, 0.2) is 6.61 Å². The summed E-state index contributed by atoms with van der Waals surface area (Å²) in [6, 6.07) is 19.8. The van der Waals surface area contributed by atoms with Gasteiger partial charge in [-0.3, -0.25) is 9.59 Å². The Morgan fingerprint density at radius 1 is 0.963 bits per heavy atom. The highest BCUT2D eigenvalue weighted by molar-refractivity contribution is 7.99. The molecule has 0 unspecified atom stereocenters. The highest BCUT2D eigenvalue weighted by atomic mass is 32.2. The van der Waals surface area contributed by atoms with E-state index in [-0.39, 0.29) is 18.5 Å². The summed E-state index contributed by atoms with van der Waals surface area (Å²) in [5.41, 5.74) is 0.400. The number of amides is 1. The maximum Gasteiger partial charge on any atom is 0.317 e. The van der Waals surface area contributed by atoms with Crippen LogP contribution in [0.15, 0.2) is 65.6 Å². The van der Waals surface area contributed by atoms with Gasteiger partial charge >= 0.3 is 5.97 Å². The minimum atomic E-state index is -0.593. The molecule has 1 saturated carbocycles. The van der Waals surface area contributed by atoms with Crippen LogP contribution < -0.4 is 5.32 Å². The standard InChI is InChI=1S/C22H25NO3S/c24-20(23-15-16-27-19-11-5-2-6-12-19)17-26-21(25)22(13-7-8-14-22)18-9-3-1-4-10-18/h1-6,9-12H,7-8,13-17H2,(H,23,24). The predicted molar refractivity (Wildman–Crippen MR) is 108 cm³/mol. The minimum absolute atomic E-state index is 0.219. The van der Waals surface area contributed by atoms with Gasteiger partial charge in [-0.15, -0.1) is 11.8 Å². The van der Waals surface area contributed by atoms with E-state index >= 15 is 0 Å². The van der Waals surface area contributed by atoms with E-state index in [2.05, 4.69) is 5.32 Å². The average Bonchev–Trinajstić information content (AvgIpc) is 3.22. The molecule has 0 heterocycles. The Morgan fingerprint density at radius 2 is 1.59 bits per heavy atom. The molecule has 0 aliphatic heterocycles. The SMILES string of the molecule is O=C(COC(=O)C1(c2ccccc2)CCCC1)NCCSc1ccccc1. The Morgan fingerprint density at radius 3 is 2.26 bits per heavy atom. The molecule has 4 nitrogen and oxygen atoms in total. The molecule has 142 valence electrons. The van der Waals surface area contributed by atoms with Crippen LogP contribution in [0.3, 0.4) is 0 Å². The molecular formula is C22H25NO3S. The van der Waals surface area contributed by atoms with E-state index in [1.165, 1.54) is 4.90 Å². The van der Waals surface area contributed by atoms with Crippen LogP contribution in [-0.2, 0) is 19.7 Å². The Kier molecular flexibility index (Phi) is 6.93. The number of benzene rings is 2. The lowest BCUT2D eigenvalue weighted by molar-refractivity contribution is -0.154. The van der Waals surface area contributed by atoms with Crippen LogP contribution in [0.5, 0.6) is 0 Å². The van der Waals surface area contributed by atoms with E-state index < -0.39 is 5.41 Å². The molecule has 2 aromatic carbocycles. The number of carbonyl (C=O) groups excluding carboxylic acids is 2. The summed E-state index contributed by atoms with van der Waals surface area (Å²) >= 11 is 1.68. The summed E-state index contributed by atoms with van der Waals surface area (Å²) in [7, 11) is 0. The maximum absolute atomic E-state index is 12.8. The molecular weight excluding hydrogens is 358 g/mol. The van der Waals surface area contributed by atoms with Crippen molar-refractivity contribution < 1.29 is 14.3 Å². The molecule has 1 aliphatic carbocycles. The van der Waals surface area contributed by atoms with Crippen molar-refractivity contribution >= 4 is 23.6 Å². The van der Waals surface area contributed by atoms with Gasteiger partial charge in [-0.2, -0.15) is 0 Å². The predicted octanol–water partition coefficient (Wildman–Crippen LogP) is 3.95. The lowest BCUT2D eigenvalue weighted by atomic mass is 9.79. The number of rotatable bonds is 8. The van der Waals surface area contributed by atoms with Crippen molar-refractivity contribution in [2.75, 3.05) is 18.9 Å². The molecule has 1 fully saturated rings. The summed E-state index contributed by atoms with van der Waals surface area (Å²) < 4.78 is 5.40. The van der Waals surface area contributed by atoms with Crippen LogP contribution in [0.25, 0.3) is 0 Å². The molecule has 0 saturated heterocycles. The van der Waals surface area contributed by atoms with Crippen molar-refractivity contribution in [2.45, 2.75) is 36.0 Å². The fourth-order valence-electron chi connectivity index (χ4n) is 3.54. The van der Waals surface area contributed by atoms with Crippen molar-refractivity contribution in [1.82, 2.24) is 5.32 Å². The summed E-state index contributed by atoms with van der Waals surface area (Å²) in [6.45, 7) is 0.323. The van der Waals surface area contributed by atoms with E-state index in [4.69, 9.17) is 4.74 Å². The van der Waals surface area contributed by atoms with Crippen LogP contribution in [0, 0.1) is 0 Å². The minimum Gasteiger partial charge on any atom is -0.455 e. The lowest BCUT2D eigenvalue weighted by Gasteiger charge is -2.27. The normalized spacial score (nSPS) is 15.3. The zero-order chi connectivity index (χ0) is 19.0. The van der Waals surface area contributed by atoms with E-state index in [0.717, 1.165) is 37.0 Å². The molecule has 3 rings (SSSR count). The number of nitrogens with one attached hydrogen (secondary N) is 1. The van der Waals surface area contributed by atoms with Crippen LogP contribution in [-0.4, -0.2) is 30.8 Å². The summed E-state index contributed by atoms with van der Waals surface area (Å²) in [6.07, 6.45) is 3.58. The van der Waals surface area contributed by atoms with Crippen LogP contribution >= 0.6 is 11.8 Å². The fraction of sp³-hybridized carbons (Fsp3) is 0.364. The molecule has 0 bridgehead atoms. The molecule has 2 aromatic rings. The first-order valence-electron chi connectivity index (χ1n) is 9.38. The number of hydrogen-bond acceptors (Lipinski definition) is 4. The lowest BCUT2D eigenvalue weighted by Crippen LogP contribution is -2.38. The van der Waals surface area contributed by atoms with Gasteiger partial charge in [-0.1, -0.05) is 61.4 Å². The highest BCUT2D eigenvalue weighted by Gasteiger charge is 2.44. The van der Waals surface area contributed by atoms with Gasteiger partial charge in [0.2, 0.25) is 0 Å². The van der Waals surface area contributed by atoms with Crippen molar-refractivity contribution in [3.8, 4) is 0 Å². The molecule has 1 N–H and O–H groups in total. The molecule has 0 spiro atoms. The van der Waals surface area contributed by atoms with Gasteiger partial charge in [-0.25, -0.2) is 0 Å². The Hall–Kier alpha value is -2.27. The highest BCUT2D eigenvalue weighted by Crippen LogP contribution is 2.42. The van der Waals surface area contributed by atoms with E-state index in [9.17, 15) is 9.59 Å². The summed E-state index contributed by atoms with van der Waals surface area (Å²) in [5, 5.41) is 2.81. The first-order chi connectivity index (χ1) is 13.2. The fourth-order valence-corrected chi connectivity index (χ4v) is 4.33. The van der Waals surface area contributed by atoms with E-state index in [1.807, 2.05) is 60.7 Å². The molecule has 1 aliphatic rings. The quantitative estimate of drug-likeness (QED) is 0.426.